The molecule has 2 heterocycles. The van der Waals surface area contributed by atoms with Gasteiger partial charge in [0.1, 0.15) is 0 Å². The quantitative estimate of drug-likeness (QED) is 0.179. The van der Waals surface area contributed by atoms with Crippen LogP contribution in [0.25, 0.3) is 11.1 Å². The van der Waals surface area contributed by atoms with Gasteiger partial charge in [-0.05, 0) is 143 Å². The van der Waals surface area contributed by atoms with E-state index in [-0.39, 0.29) is 12.1 Å². The van der Waals surface area contributed by atoms with Crippen molar-refractivity contribution in [2.24, 2.45) is 17.8 Å². The zero-order valence-electron chi connectivity index (χ0n) is 27.8. The molecule has 0 N–H and O–H groups in total. The van der Waals surface area contributed by atoms with Gasteiger partial charge in [-0.2, -0.15) is 0 Å². The summed E-state index contributed by atoms with van der Waals surface area (Å²) in [6, 6.07) is 54.9. The zero-order chi connectivity index (χ0) is 32.1. The molecule has 4 bridgehead atoms. The Morgan fingerprint density at radius 2 is 0.939 bits per heavy atom. The lowest BCUT2D eigenvalue weighted by molar-refractivity contribution is -0.00514. The highest BCUT2D eigenvalue weighted by atomic mass is 15.2. The molecule has 0 spiro atoms. The molecule has 2 aliphatic heterocycles. The van der Waals surface area contributed by atoms with Gasteiger partial charge in [0.05, 0.1) is 0 Å². The van der Waals surface area contributed by atoms with Crippen LogP contribution in [-0.4, -0.2) is 6.71 Å². The molecular formula is C46H39BN2. The summed E-state index contributed by atoms with van der Waals surface area (Å²) in [4.78, 5) is 5.19. The van der Waals surface area contributed by atoms with Gasteiger partial charge >= 0.3 is 0 Å². The summed E-state index contributed by atoms with van der Waals surface area (Å²) in [7, 11) is 0. The van der Waals surface area contributed by atoms with E-state index < -0.39 is 0 Å². The molecule has 49 heavy (non-hydrogen) atoms. The second-order valence-electron chi connectivity index (χ2n) is 15.6. The molecule has 4 aliphatic carbocycles. The highest BCUT2D eigenvalue weighted by Gasteiger charge is 2.53. The second kappa shape index (κ2) is 10.5. The average molecular weight is 631 g/mol. The Morgan fingerprint density at radius 1 is 0.449 bits per heavy atom. The van der Waals surface area contributed by atoms with E-state index >= 15 is 0 Å². The van der Waals surface area contributed by atoms with Gasteiger partial charge in [-0.3, -0.25) is 0 Å². The molecule has 236 valence electrons. The largest absolute Gasteiger partial charge is 0.311 e. The van der Waals surface area contributed by atoms with Crippen LogP contribution in [0.2, 0.25) is 0 Å². The minimum atomic E-state index is 0.163. The normalized spacial score (nSPS) is 24.0. The van der Waals surface area contributed by atoms with Crippen LogP contribution in [-0.2, 0) is 5.41 Å². The van der Waals surface area contributed by atoms with Crippen LogP contribution in [0.3, 0.4) is 0 Å². The van der Waals surface area contributed by atoms with E-state index in [1.807, 2.05) is 0 Å². The van der Waals surface area contributed by atoms with Crippen LogP contribution in [0.4, 0.5) is 34.1 Å². The first-order chi connectivity index (χ1) is 24.2. The van der Waals surface area contributed by atoms with Gasteiger partial charge in [0.25, 0.3) is 6.71 Å². The van der Waals surface area contributed by atoms with Crippen LogP contribution in [0.1, 0.15) is 44.1 Å². The molecule has 6 aromatic rings. The van der Waals surface area contributed by atoms with Gasteiger partial charge in [-0.1, -0.05) is 97.1 Å². The van der Waals surface area contributed by atoms with Crippen LogP contribution in [0.15, 0.2) is 146 Å². The number of rotatable bonds is 4. The molecule has 0 atom stereocenters. The Balaban J connectivity index is 1.21. The van der Waals surface area contributed by atoms with Crippen molar-refractivity contribution in [3.63, 3.8) is 0 Å². The maximum Gasteiger partial charge on any atom is 0.252 e. The SMILES string of the molecule is c1ccc(-c2cccc(N3c4ccccc4B4c5ccccc5N(c5ccccc5)c5cc(C67CC8CC(CC(C8)C6)C7)cc3c54)c2)cc1. The molecule has 0 saturated heterocycles. The predicted octanol–water partition coefficient (Wildman–Crippen LogP) is 9.90. The second-order valence-corrected chi connectivity index (χ2v) is 15.6. The van der Waals surface area contributed by atoms with E-state index in [2.05, 4.69) is 155 Å². The van der Waals surface area contributed by atoms with Crippen molar-refractivity contribution < 1.29 is 0 Å². The number of para-hydroxylation sites is 3. The number of benzene rings is 6. The lowest BCUT2D eigenvalue weighted by atomic mass is 9.33. The summed E-state index contributed by atoms with van der Waals surface area (Å²) < 4.78 is 0. The molecule has 4 fully saturated rings. The van der Waals surface area contributed by atoms with E-state index in [0.29, 0.717) is 0 Å². The van der Waals surface area contributed by atoms with Crippen molar-refractivity contribution in [1.29, 1.82) is 0 Å². The fourth-order valence-corrected chi connectivity index (χ4v) is 11.3. The summed E-state index contributed by atoms with van der Waals surface area (Å²) in [6.07, 6.45) is 8.41. The summed E-state index contributed by atoms with van der Waals surface area (Å²) in [6.45, 7) is 0.163. The Labute approximate surface area is 290 Å². The number of anilines is 6. The molecule has 0 amide bonds. The summed E-state index contributed by atoms with van der Waals surface area (Å²) in [5.74, 6) is 2.66. The van der Waals surface area contributed by atoms with Crippen LogP contribution in [0, 0.1) is 17.8 Å². The number of fused-ring (bicyclic) bond motifs is 4. The monoisotopic (exact) mass is 630 g/mol. The van der Waals surface area contributed by atoms with E-state index in [0.717, 1.165) is 17.8 Å². The maximum absolute atomic E-state index is 2.67. The molecule has 6 aliphatic rings. The minimum absolute atomic E-state index is 0.163. The van der Waals surface area contributed by atoms with E-state index in [4.69, 9.17) is 0 Å². The fourth-order valence-electron chi connectivity index (χ4n) is 11.3. The summed E-state index contributed by atoms with van der Waals surface area (Å²) >= 11 is 0. The van der Waals surface area contributed by atoms with Crippen molar-refractivity contribution in [2.75, 3.05) is 9.80 Å². The Kier molecular flexibility index (Phi) is 5.97. The first kappa shape index (κ1) is 27.9. The van der Waals surface area contributed by atoms with Gasteiger partial charge in [0.2, 0.25) is 0 Å². The summed E-state index contributed by atoms with van der Waals surface area (Å²) in [5.41, 5.74) is 16.3. The average Bonchev–Trinajstić information content (AvgIpc) is 3.15. The molecule has 12 rings (SSSR count). The van der Waals surface area contributed by atoms with Crippen molar-refractivity contribution in [3.8, 4) is 11.1 Å². The third-order valence-electron chi connectivity index (χ3n) is 12.8. The fraction of sp³-hybridized carbons (Fsp3) is 0.217. The zero-order valence-corrected chi connectivity index (χ0v) is 27.8. The van der Waals surface area contributed by atoms with Crippen LogP contribution < -0.4 is 26.2 Å². The van der Waals surface area contributed by atoms with E-state index in [1.165, 1.54) is 100 Å². The van der Waals surface area contributed by atoms with Gasteiger partial charge in [-0.15, -0.1) is 0 Å². The number of nitrogens with zero attached hydrogens (tertiary/aromatic N) is 2. The first-order valence-corrected chi connectivity index (χ1v) is 18.4. The van der Waals surface area contributed by atoms with Crippen molar-refractivity contribution in [1.82, 2.24) is 0 Å². The van der Waals surface area contributed by atoms with Crippen molar-refractivity contribution in [3.05, 3.63) is 151 Å². The highest BCUT2D eigenvalue weighted by molar-refractivity contribution is 7.00. The van der Waals surface area contributed by atoms with E-state index in [1.54, 1.807) is 5.56 Å². The predicted molar refractivity (Wildman–Crippen MR) is 206 cm³/mol. The smallest absolute Gasteiger partial charge is 0.252 e. The lowest BCUT2D eigenvalue weighted by Gasteiger charge is -2.57. The number of hydrogen-bond donors (Lipinski definition) is 0. The Morgan fingerprint density at radius 3 is 1.55 bits per heavy atom. The van der Waals surface area contributed by atoms with Gasteiger partial charge in [0, 0.05) is 34.1 Å². The number of hydrogen-bond acceptors (Lipinski definition) is 2. The Bertz CT molecular complexity index is 2210. The molecule has 4 saturated carbocycles. The molecule has 3 heteroatoms. The lowest BCUT2D eigenvalue weighted by Crippen LogP contribution is -2.61. The van der Waals surface area contributed by atoms with Crippen LogP contribution in [0.5, 0.6) is 0 Å². The molecule has 0 radical (unpaired) electrons. The Hall–Kier alpha value is -5.02. The minimum Gasteiger partial charge on any atom is -0.311 e. The van der Waals surface area contributed by atoms with E-state index in [9.17, 15) is 0 Å². The van der Waals surface area contributed by atoms with Gasteiger partial charge in [0.15, 0.2) is 0 Å². The van der Waals surface area contributed by atoms with Crippen molar-refractivity contribution >= 4 is 57.2 Å². The third-order valence-corrected chi connectivity index (χ3v) is 12.8. The maximum atomic E-state index is 2.67. The highest BCUT2D eigenvalue weighted by Crippen LogP contribution is 2.61. The van der Waals surface area contributed by atoms with Gasteiger partial charge < -0.3 is 9.80 Å². The summed E-state index contributed by atoms with van der Waals surface area (Å²) in [5, 5.41) is 0. The van der Waals surface area contributed by atoms with Gasteiger partial charge in [-0.25, -0.2) is 0 Å². The molecule has 0 aromatic heterocycles. The van der Waals surface area contributed by atoms with Crippen molar-refractivity contribution in [2.45, 2.75) is 43.9 Å². The standard InChI is InChI=1S/C46H39BN2/c1-3-12-34(13-4-1)35-14-11-17-38(25-35)49-42-21-10-8-19-40(42)47-39-18-7-9-20-41(39)48(37-15-5-2-6-16-37)43-26-36(27-44(49)45(43)47)46-28-31-22-32(29-46)24-33(23-31)30-46/h1-21,25-27,31-33H,22-24,28-30H2. The molecule has 2 nitrogen and oxygen atoms in total. The molecular weight excluding hydrogens is 591 g/mol. The van der Waals surface area contributed by atoms with Crippen LogP contribution >= 0.6 is 0 Å². The molecule has 6 aromatic carbocycles. The molecule has 0 unspecified atom stereocenters. The topological polar surface area (TPSA) is 6.48 Å². The third kappa shape index (κ3) is 4.14. The first-order valence-electron chi connectivity index (χ1n) is 18.4.